The van der Waals surface area contributed by atoms with Gasteiger partial charge >= 0.3 is 5.97 Å². The van der Waals surface area contributed by atoms with Gasteiger partial charge in [-0.05, 0) is 5.56 Å². The highest BCUT2D eigenvalue weighted by atomic mass is 32.1. The highest BCUT2D eigenvalue weighted by molar-refractivity contribution is 7.80. The molecule has 0 radical (unpaired) electrons. The van der Waals surface area contributed by atoms with Gasteiger partial charge in [0.25, 0.3) is 0 Å². The molecule has 0 aliphatic carbocycles. The average molecular weight is 241 g/mol. The van der Waals surface area contributed by atoms with Gasteiger partial charge in [-0.3, -0.25) is 4.79 Å². The fraction of sp³-hybridized carbons (Fsp3) is 0.364. The molecule has 0 saturated heterocycles. The minimum absolute atomic E-state index is 0.204. The molecular weight excluding hydrogens is 226 g/mol. The topological polar surface area (TPSA) is 49.8 Å². The summed E-state index contributed by atoms with van der Waals surface area (Å²) in [5, 5.41) is 10.4. The molecule has 1 unspecified atom stereocenters. The second-order valence-electron chi connectivity index (χ2n) is 3.28. The normalized spacial score (nSPS) is 12.7. The summed E-state index contributed by atoms with van der Waals surface area (Å²) in [6, 6.07) is 8.81. The highest BCUT2D eigenvalue weighted by Gasteiger charge is 2.24. The number of carboxylic acid groups (broad SMARTS) is 1. The van der Waals surface area contributed by atoms with Crippen molar-refractivity contribution in [2.45, 2.75) is 12.6 Å². The Morgan fingerprint density at radius 1 is 1.50 bits per heavy atom. The first kappa shape index (κ1) is 13.0. The zero-order valence-corrected chi connectivity index (χ0v) is 9.93. The Morgan fingerprint density at radius 2 is 2.12 bits per heavy atom. The summed E-state index contributed by atoms with van der Waals surface area (Å²) in [4.78, 5) is 16.0. The van der Waals surface area contributed by atoms with Crippen LogP contribution in [0.5, 0.6) is 0 Å². The van der Waals surface area contributed by atoms with Crippen molar-refractivity contribution in [1.29, 1.82) is 0 Å². The summed E-state index contributed by atoms with van der Waals surface area (Å²) in [6.45, 7) is 0.425. The van der Waals surface area contributed by atoms with Crippen molar-refractivity contribution >= 4 is 18.6 Å². The Hall–Kier alpha value is -1.04. The van der Waals surface area contributed by atoms with Crippen molar-refractivity contribution in [3.05, 3.63) is 35.9 Å². The quantitative estimate of drug-likeness (QED) is 0.584. The van der Waals surface area contributed by atoms with Crippen LogP contribution >= 0.6 is 12.6 Å². The van der Waals surface area contributed by atoms with Gasteiger partial charge in [-0.2, -0.15) is 17.7 Å². The first-order valence-corrected chi connectivity index (χ1v) is 5.50. The number of aliphatic carboxylic acids is 1. The van der Waals surface area contributed by atoms with Crippen molar-refractivity contribution < 1.29 is 14.7 Å². The van der Waals surface area contributed by atoms with Gasteiger partial charge in [-0.15, -0.1) is 0 Å². The van der Waals surface area contributed by atoms with E-state index in [1.807, 2.05) is 30.3 Å². The lowest BCUT2D eigenvalue weighted by Crippen LogP contribution is -2.41. The summed E-state index contributed by atoms with van der Waals surface area (Å²) in [5.74, 6) is -0.733. The Balaban J connectivity index is 2.71. The largest absolute Gasteiger partial charge is 0.480 e. The van der Waals surface area contributed by atoms with E-state index >= 15 is 0 Å². The van der Waals surface area contributed by atoms with Crippen LogP contribution in [0.3, 0.4) is 0 Å². The van der Waals surface area contributed by atoms with Gasteiger partial charge in [0.1, 0.15) is 6.04 Å². The number of benzene rings is 1. The zero-order valence-electron chi connectivity index (χ0n) is 9.04. The average Bonchev–Trinajstić information content (AvgIpc) is 2.29. The molecule has 0 aliphatic heterocycles. The van der Waals surface area contributed by atoms with E-state index in [1.54, 1.807) is 0 Å². The molecule has 0 spiro atoms. The van der Waals surface area contributed by atoms with Crippen molar-refractivity contribution in [1.82, 2.24) is 5.06 Å². The van der Waals surface area contributed by atoms with Crippen LogP contribution in [0.1, 0.15) is 5.56 Å². The van der Waals surface area contributed by atoms with Gasteiger partial charge in [0, 0.05) is 5.75 Å². The van der Waals surface area contributed by atoms with Crippen LogP contribution in [0.15, 0.2) is 30.3 Å². The summed E-state index contributed by atoms with van der Waals surface area (Å²) in [5.41, 5.74) is 0.998. The van der Waals surface area contributed by atoms with E-state index in [1.165, 1.54) is 12.2 Å². The lowest BCUT2D eigenvalue weighted by Gasteiger charge is -2.25. The van der Waals surface area contributed by atoms with E-state index in [-0.39, 0.29) is 5.75 Å². The number of thiol groups is 1. The van der Waals surface area contributed by atoms with Gasteiger partial charge < -0.3 is 9.94 Å². The molecule has 1 aromatic carbocycles. The number of carboxylic acids is 1. The van der Waals surface area contributed by atoms with Gasteiger partial charge in [0.2, 0.25) is 0 Å². The summed E-state index contributed by atoms with van der Waals surface area (Å²) in [7, 11) is 1.46. The standard InChI is InChI=1S/C11H15NO3S/c1-15-12(10(8-16)11(13)14)7-9-5-3-2-4-6-9/h2-6,10,16H,7-8H2,1H3,(H,13,14). The Kier molecular flexibility index (Phi) is 5.31. The third-order valence-electron chi connectivity index (χ3n) is 2.22. The van der Waals surface area contributed by atoms with Crippen LogP contribution in [0.4, 0.5) is 0 Å². The molecule has 1 atom stereocenters. The Labute approximate surface area is 100 Å². The third kappa shape index (κ3) is 3.52. The number of hydrogen-bond acceptors (Lipinski definition) is 4. The predicted octanol–water partition coefficient (Wildman–Crippen LogP) is 1.43. The smallest absolute Gasteiger partial charge is 0.324 e. The van der Waals surface area contributed by atoms with Gasteiger partial charge in [0.15, 0.2) is 0 Å². The maximum Gasteiger partial charge on any atom is 0.324 e. The van der Waals surface area contributed by atoms with Crippen LogP contribution in [0, 0.1) is 0 Å². The van der Waals surface area contributed by atoms with E-state index in [2.05, 4.69) is 12.6 Å². The molecule has 0 aromatic heterocycles. The van der Waals surface area contributed by atoms with Crippen LogP contribution < -0.4 is 0 Å². The molecule has 0 heterocycles. The number of hydrogen-bond donors (Lipinski definition) is 2. The molecule has 0 aliphatic rings. The minimum Gasteiger partial charge on any atom is -0.480 e. The molecule has 5 heteroatoms. The number of hydroxylamine groups is 2. The van der Waals surface area contributed by atoms with Crippen molar-refractivity contribution in [3.8, 4) is 0 Å². The van der Waals surface area contributed by atoms with Gasteiger partial charge in [0.05, 0.1) is 13.7 Å². The Morgan fingerprint density at radius 3 is 2.56 bits per heavy atom. The third-order valence-corrected chi connectivity index (χ3v) is 2.57. The molecule has 16 heavy (non-hydrogen) atoms. The maximum absolute atomic E-state index is 11.0. The fourth-order valence-electron chi connectivity index (χ4n) is 1.36. The summed E-state index contributed by atoms with van der Waals surface area (Å²) >= 11 is 4.01. The monoisotopic (exact) mass is 241 g/mol. The van der Waals surface area contributed by atoms with E-state index < -0.39 is 12.0 Å². The highest BCUT2D eigenvalue weighted by Crippen LogP contribution is 2.09. The number of nitrogens with zero attached hydrogens (tertiary/aromatic N) is 1. The zero-order chi connectivity index (χ0) is 12.0. The molecular formula is C11H15NO3S. The number of carbonyl (C=O) groups is 1. The van der Waals surface area contributed by atoms with Crippen LogP contribution in [-0.4, -0.2) is 35.0 Å². The Bertz CT molecular complexity index is 331. The van der Waals surface area contributed by atoms with Crippen molar-refractivity contribution in [3.63, 3.8) is 0 Å². The first-order valence-electron chi connectivity index (χ1n) is 4.87. The van der Waals surface area contributed by atoms with Crippen molar-refractivity contribution in [2.24, 2.45) is 0 Å². The SMILES string of the molecule is CON(Cc1ccccc1)C(CS)C(=O)O. The molecule has 4 nitrogen and oxygen atoms in total. The van der Waals surface area contributed by atoms with Crippen LogP contribution in [0.2, 0.25) is 0 Å². The molecule has 1 rings (SSSR count). The van der Waals surface area contributed by atoms with Crippen molar-refractivity contribution in [2.75, 3.05) is 12.9 Å². The lowest BCUT2D eigenvalue weighted by atomic mass is 10.2. The second-order valence-corrected chi connectivity index (χ2v) is 3.65. The molecule has 0 bridgehead atoms. The fourth-order valence-corrected chi connectivity index (χ4v) is 1.70. The minimum atomic E-state index is -0.937. The molecule has 0 fully saturated rings. The second kappa shape index (κ2) is 6.52. The maximum atomic E-state index is 11.0. The molecule has 88 valence electrons. The van der Waals surface area contributed by atoms with E-state index in [0.29, 0.717) is 6.54 Å². The lowest BCUT2D eigenvalue weighted by molar-refractivity contribution is -0.184. The predicted molar refractivity (Wildman–Crippen MR) is 64.3 cm³/mol. The van der Waals surface area contributed by atoms with E-state index in [0.717, 1.165) is 5.56 Å². The van der Waals surface area contributed by atoms with Gasteiger partial charge in [-0.1, -0.05) is 30.3 Å². The first-order chi connectivity index (χ1) is 7.69. The number of rotatable bonds is 6. The van der Waals surface area contributed by atoms with E-state index in [9.17, 15) is 4.79 Å². The summed E-state index contributed by atoms with van der Waals surface area (Å²) in [6.07, 6.45) is 0. The molecule has 0 saturated carbocycles. The molecule has 1 aromatic rings. The molecule has 1 N–H and O–H groups in total. The molecule has 0 amide bonds. The van der Waals surface area contributed by atoms with Crippen LogP contribution in [0.25, 0.3) is 0 Å². The van der Waals surface area contributed by atoms with Crippen LogP contribution in [-0.2, 0) is 16.2 Å². The summed E-state index contributed by atoms with van der Waals surface area (Å²) < 4.78 is 0. The van der Waals surface area contributed by atoms with E-state index in [4.69, 9.17) is 9.94 Å². The van der Waals surface area contributed by atoms with Gasteiger partial charge in [-0.25, -0.2) is 0 Å².